The first-order chi connectivity index (χ1) is 13.3. The van der Waals surface area contributed by atoms with Crippen LogP contribution in [0.2, 0.25) is 5.02 Å². The van der Waals surface area contributed by atoms with E-state index in [2.05, 4.69) is 5.10 Å². The van der Waals surface area contributed by atoms with Crippen molar-refractivity contribution >= 4 is 23.8 Å². The minimum Gasteiger partial charge on any atom is -0.493 e. The molecule has 1 N–H and O–H groups in total. The Morgan fingerprint density at radius 1 is 1.07 bits per heavy atom. The molecule has 5 nitrogen and oxygen atoms in total. The molecular weight excluding hydrogens is 376 g/mol. The van der Waals surface area contributed by atoms with E-state index in [1.54, 1.807) is 31.8 Å². The van der Waals surface area contributed by atoms with Gasteiger partial charge in [0.25, 0.3) is 0 Å². The summed E-state index contributed by atoms with van der Waals surface area (Å²) < 4.78 is 12.8. The third-order valence-electron chi connectivity index (χ3n) is 3.93. The lowest BCUT2D eigenvalue weighted by molar-refractivity contribution is 0.0276. The van der Waals surface area contributed by atoms with E-state index < -0.39 is 5.60 Å². The van der Waals surface area contributed by atoms with E-state index in [1.165, 1.54) is 0 Å². The Morgan fingerprint density at radius 3 is 2.46 bits per heavy atom. The maximum Gasteiger partial charge on any atom is 0.162 e. The molecule has 0 bridgehead atoms. The van der Waals surface area contributed by atoms with Gasteiger partial charge in [0.2, 0.25) is 0 Å². The minimum atomic E-state index is -0.920. The van der Waals surface area contributed by atoms with Crippen LogP contribution >= 0.6 is 11.6 Å². The maximum absolute atomic E-state index is 9.83. The second-order valence-electron chi connectivity index (χ2n) is 7.04. The summed E-state index contributed by atoms with van der Waals surface area (Å²) in [5.74, 6) is 1.15. The van der Waals surface area contributed by atoms with Gasteiger partial charge >= 0.3 is 0 Å². The quantitative estimate of drug-likeness (QED) is 0.617. The van der Waals surface area contributed by atoms with Crippen LogP contribution in [0.5, 0.6) is 11.5 Å². The van der Waals surface area contributed by atoms with Crippen LogP contribution in [0.3, 0.4) is 0 Å². The Bertz CT molecular complexity index is 957. The summed E-state index contributed by atoms with van der Waals surface area (Å²) in [6, 6.07) is 13.2. The average Bonchev–Trinajstić information content (AvgIpc) is 3.14. The van der Waals surface area contributed by atoms with Crippen molar-refractivity contribution in [3.05, 3.63) is 71.0 Å². The molecule has 146 valence electrons. The molecule has 0 aliphatic carbocycles. The van der Waals surface area contributed by atoms with Crippen LogP contribution in [0, 0.1) is 0 Å². The van der Waals surface area contributed by atoms with Crippen LogP contribution in [-0.4, -0.2) is 34.2 Å². The minimum absolute atomic E-state index is 0.171. The summed E-state index contributed by atoms with van der Waals surface area (Å²) in [5.41, 5.74) is 1.96. The molecule has 0 aliphatic heterocycles. The molecule has 0 fully saturated rings. The number of halogens is 1. The zero-order valence-electron chi connectivity index (χ0n) is 16.1. The zero-order valence-corrected chi connectivity index (χ0v) is 16.8. The van der Waals surface area contributed by atoms with Gasteiger partial charge in [-0.25, -0.2) is 4.68 Å². The van der Waals surface area contributed by atoms with Crippen molar-refractivity contribution in [3.8, 4) is 17.2 Å². The molecule has 1 heterocycles. The predicted molar refractivity (Wildman–Crippen MR) is 112 cm³/mol. The van der Waals surface area contributed by atoms with Gasteiger partial charge in [0.05, 0.1) is 24.6 Å². The van der Waals surface area contributed by atoms with E-state index in [-0.39, 0.29) is 6.61 Å². The molecule has 0 spiro atoms. The first kappa shape index (κ1) is 20.0. The lowest BCUT2D eigenvalue weighted by Gasteiger charge is -2.19. The van der Waals surface area contributed by atoms with E-state index in [4.69, 9.17) is 21.1 Å². The molecule has 1 aromatic heterocycles. The van der Waals surface area contributed by atoms with Crippen molar-refractivity contribution in [3.63, 3.8) is 0 Å². The smallest absolute Gasteiger partial charge is 0.162 e. The number of methoxy groups -OCH3 is 1. The van der Waals surface area contributed by atoms with Gasteiger partial charge in [-0.3, -0.25) is 0 Å². The molecule has 3 rings (SSSR count). The predicted octanol–water partition coefficient (Wildman–Crippen LogP) is 4.85. The third kappa shape index (κ3) is 5.38. The Labute approximate surface area is 169 Å². The van der Waals surface area contributed by atoms with Gasteiger partial charge in [-0.05, 0) is 43.7 Å². The van der Waals surface area contributed by atoms with Gasteiger partial charge in [-0.1, -0.05) is 35.9 Å². The summed E-state index contributed by atoms with van der Waals surface area (Å²) in [6.07, 6.45) is 7.72. The van der Waals surface area contributed by atoms with Crippen molar-refractivity contribution in [2.24, 2.45) is 0 Å². The molecular formula is C22H23ClN2O3. The van der Waals surface area contributed by atoms with Crippen LogP contribution in [0.25, 0.3) is 17.8 Å². The van der Waals surface area contributed by atoms with E-state index in [0.29, 0.717) is 16.5 Å². The fourth-order valence-electron chi connectivity index (χ4n) is 2.50. The van der Waals surface area contributed by atoms with Crippen LogP contribution in [0.4, 0.5) is 0 Å². The molecule has 28 heavy (non-hydrogen) atoms. The van der Waals surface area contributed by atoms with Crippen molar-refractivity contribution < 1.29 is 14.6 Å². The molecule has 0 aliphatic rings. The number of hydrogen-bond acceptors (Lipinski definition) is 4. The number of ether oxygens (including phenoxy) is 2. The molecule has 0 atom stereocenters. The first-order valence-corrected chi connectivity index (χ1v) is 9.24. The Morgan fingerprint density at radius 2 is 1.79 bits per heavy atom. The van der Waals surface area contributed by atoms with Crippen molar-refractivity contribution in [1.29, 1.82) is 0 Å². The lowest BCUT2D eigenvalue weighted by atomic mass is 10.2. The van der Waals surface area contributed by atoms with Gasteiger partial charge < -0.3 is 14.6 Å². The summed E-state index contributed by atoms with van der Waals surface area (Å²) >= 11 is 5.91. The number of rotatable bonds is 7. The molecule has 6 heteroatoms. The van der Waals surface area contributed by atoms with Gasteiger partial charge in [-0.2, -0.15) is 5.10 Å². The molecule has 0 unspecified atom stereocenters. The highest BCUT2D eigenvalue weighted by atomic mass is 35.5. The molecule has 3 aromatic rings. The van der Waals surface area contributed by atoms with Gasteiger partial charge in [0.1, 0.15) is 6.61 Å². The summed E-state index contributed by atoms with van der Waals surface area (Å²) in [7, 11) is 1.58. The summed E-state index contributed by atoms with van der Waals surface area (Å²) in [6.45, 7) is 3.55. The number of hydrogen-bond donors (Lipinski definition) is 1. The van der Waals surface area contributed by atoms with Crippen molar-refractivity contribution in [2.45, 2.75) is 19.4 Å². The highest BCUT2D eigenvalue weighted by molar-refractivity contribution is 6.30. The van der Waals surface area contributed by atoms with Crippen LogP contribution in [0.1, 0.15) is 25.0 Å². The number of benzene rings is 2. The monoisotopic (exact) mass is 398 g/mol. The summed E-state index contributed by atoms with van der Waals surface area (Å²) in [4.78, 5) is 0. The normalized spacial score (nSPS) is 11.8. The number of aromatic nitrogens is 2. The Kier molecular flexibility index (Phi) is 6.07. The topological polar surface area (TPSA) is 56.5 Å². The standard InChI is InChI=1S/C22H23ClN2O3/c1-22(2,26)15-28-20-11-10-19(12-21(20)27-3)25-14-17(13-24-25)5-4-16-6-8-18(23)9-7-16/h4-14,26H,15H2,1-3H3/b5-4+. The van der Waals surface area contributed by atoms with Crippen LogP contribution in [0.15, 0.2) is 54.9 Å². The summed E-state index contributed by atoms with van der Waals surface area (Å²) in [5, 5.41) is 15.0. The van der Waals surface area contributed by atoms with Crippen molar-refractivity contribution in [1.82, 2.24) is 9.78 Å². The number of nitrogens with zero attached hydrogens (tertiary/aromatic N) is 2. The zero-order chi connectivity index (χ0) is 20.1. The van der Waals surface area contributed by atoms with Crippen molar-refractivity contribution in [2.75, 3.05) is 13.7 Å². The molecule has 2 aromatic carbocycles. The van der Waals surface area contributed by atoms with E-state index >= 15 is 0 Å². The SMILES string of the molecule is COc1cc(-n2cc(/C=C/c3ccc(Cl)cc3)cn2)ccc1OCC(C)(C)O. The van der Waals surface area contributed by atoms with E-state index in [0.717, 1.165) is 16.8 Å². The van der Waals surface area contributed by atoms with E-state index in [9.17, 15) is 5.11 Å². The highest BCUT2D eigenvalue weighted by Crippen LogP contribution is 2.30. The Balaban J connectivity index is 1.76. The van der Waals surface area contributed by atoms with Gasteiger partial charge in [0, 0.05) is 22.8 Å². The largest absolute Gasteiger partial charge is 0.493 e. The highest BCUT2D eigenvalue weighted by Gasteiger charge is 2.15. The number of aliphatic hydroxyl groups is 1. The first-order valence-electron chi connectivity index (χ1n) is 8.86. The van der Waals surface area contributed by atoms with E-state index in [1.807, 2.05) is 60.8 Å². The van der Waals surface area contributed by atoms with Crippen LogP contribution in [-0.2, 0) is 0 Å². The average molecular weight is 399 g/mol. The molecule has 0 saturated heterocycles. The van der Waals surface area contributed by atoms with Gasteiger partial charge in [-0.15, -0.1) is 0 Å². The Hall–Kier alpha value is -2.76. The maximum atomic E-state index is 9.83. The second kappa shape index (κ2) is 8.50. The molecule has 0 amide bonds. The van der Waals surface area contributed by atoms with Gasteiger partial charge in [0.15, 0.2) is 11.5 Å². The molecule has 0 saturated carbocycles. The van der Waals surface area contributed by atoms with Crippen LogP contribution < -0.4 is 9.47 Å². The fraction of sp³-hybridized carbons (Fsp3) is 0.227. The molecule has 0 radical (unpaired) electrons. The second-order valence-corrected chi connectivity index (χ2v) is 7.48. The third-order valence-corrected chi connectivity index (χ3v) is 4.19. The fourth-order valence-corrected chi connectivity index (χ4v) is 2.63. The lowest BCUT2D eigenvalue weighted by Crippen LogP contribution is -2.27.